The summed E-state index contributed by atoms with van der Waals surface area (Å²) in [6.45, 7) is 0.169. The Bertz CT molecular complexity index is 873. The van der Waals surface area contributed by atoms with Crippen LogP contribution in [0.15, 0.2) is 42.0 Å². The van der Waals surface area contributed by atoms with Crippen LogP contribution in [0.5, 0.6) is 11.5 Å². The number of hydrogen-bond acceptors (Lipinski definition) is 4. The number of hydrogen-bond donors (Lipinski definition) is 1. The quantitative estimate of drug-likeness (QED) is 0.610. The molecule has 5 nitrogen and oxygen atoms in total. The third-order valence-corrected chi connectivity index (χ3v) is 3.89. The smallest absolute Gasteiger partial charge is 0.259 e. The first-order valence-corrected chi connectivity index (χ1v) is 7.86. The van der Waals surface area contributed by atoms with Gasteiger partial charge in [-0.3, -0.25) is 4.79 Å². The molecule has 0 radical (unpaired) electrons. The summed E-state index contributed by atoms with van der Waals surface area (Å²) < 4.78 is 11.0. The van der Waals surface area contributed by atoms with Crippen LogP contribution >= 0.6 is 23.2 Å². The second-order valence-corrected chi connectivity index (χ2v) is 5.81. The van der Waals surface area contributed by atoms with Crippen LogP contribution < -0.4 is 15.2 Å². The maximum atomic E-state index is 11.3. The van der Waals surface area contributed by atoms with Crippen LogP contribution in [0.2, 0.25) is 10.0 Å². The Morgan fingerprint density at radius 3 is 2.64 bits per heavy atom. The Morgan fingerprint density at radius 2 is 2.04 bits per heavy atom. The van der Waals surface area contributed by atoms with Gasteiger partial charge in [-0.05, 0) is 30.3 Å². The fourth-order valence-corrected chi connectivity index (χ4v) is 2.46. The molecule has 0 heterocycles. The molecular formula is C18H14Cl2N2O3. The van der Waals surface area contributed by atoms with E-state index >= 15 is 0 Å². The zero-order valence-corrected chi connectivity index (χ0v) is 14.8. The molecule has 0 saturated carbocycles. The molecule has 0 saturated heterocycles. The minimum atomic E-state index is -0.815. The molecule has 0 aromatic heterocycles. The van der Waals surface area contributed by atoms with Crippen molar-refractivity contribution < 1.29 is 14.3 Å². The second kappa shape index (κ2) is 8.43. The average Bonchev–Trinajstić information content (AvgIpc) is 2.59. The maximum absolute atomic E-state index is 11.3. The van der Waals surface area contributed by atoms with Crippen LogP contribution in [0.1, 0.15) is 11.1 Å². The van der Waals surface area contributed by atoms with Crippen LogP contribution in [-0.4, -0.2) is 13.0 Å². The molecule has 7 heteroatoms. The molecule has 0 spiro atoms. The van der Waals surface area contributed by atoms with Crippen molar-refractivity contribution in [2.75, 3.05) is 7.11 Å². The number of nitriles is 1. The van der Waals surface area contributed by atoms with E-state index in [1.165, 1.54) is 13.2 Å². The highest BCUT2D eigenvalue weighted by Crippen LogP contribution is 2.29. The zero-order chi connectivity index (χ0) is 18.4. The summed E-state index contributed by atoms with van der Waals surface area (Å²) in [4.78, 5) is 11.3. The summed E-state index contributed by atoms with van der Waals surface area (Å²) in [5, 5.41) is 10.0. The molecule has 25 heavy (non-hydrogen) atoms. The Labute approximate surface area is 155 Å². The largest absolute Gasteiger partial charge is 0.497 e. The predicted molar refractivity (Wildman–Crippen MR) is 96.6 cm³/mol. The molecule has 2 aromatic carbocycles. The molecule has 0 aliphatic rings. The van der Waals surface area contributed by atoms with Crippen LogP contribution in [0.4, 0.5) is 0 Å². The van der Waals surface area contributed by atoms with E-state index in [0.29, 0.717) is 27.1 Å². The number of primary amides is 1. The van der Waals surface area contributed by atoms with E-state index in [9.17, 15) is 4.79 Å². The van der Waals surface area contributed by atoms with Gasteiger partial charge in [0.05, 0.1) is 7.11 Å². The van der Waals surface area contributed by atoms with Crippen molar-refractivity contribution >= 4 is 35.2 Å². The van der Waals surface area contributed by atoms with Crippen molar-refractivity contribution in [1.82, 2.24) is 0 Å². The van der Waals surface area contributed by atoms with Gasteiger partial charge in [0.25, 0.3) is 5.91 Å². The topological polar surface area (TPSA) is 85.3 Å². The number of ether oxygens (including phenoxy) is 2. The number of carbonyl (C=O) groups is 1. The number of amides is 1. The van der Waals surface area contributed by atoms with E-state index in [2.05, 4.69) is 0 Å². The number of rotatable bonds is 6. The molecule has 2 aromatic rings. The molecule has 2 N–H and O–H groups in total. The molecule has 128 valence electrons. The van der Waals surface area contributed by atoms with Crippen molar-refractivity contribution in [3.8, 4) is 17.6 Å². The predicted octanol–water partition coefficient (Wildman–Crippen LogP) is 3.97. The third-order valence-electron chi connectivity index (χ3n) is 3.30. The fourth-order valence-electron chi connectivity index (χ4n) is 1.99. The molecule has 0 unspecified atom stereocenters. The van der Waals surface area contributed by atoms with Gasteiger partial charge < -0.3 is 15.2 Å². The van der Waals surface area contributed by atoms with Gasteiger partial charge >= 0.3 is 0 Å². The molecule has 2 rings (SSSR count). The van der Waals surface area contributed by atoms with Gasteiger partial charge in [0.2, 0.25) is 0 Å². The van der Waals surface area contributed by atoms with Crippen molar-refractivity contribution in [3.05, 3.63) is 63.1 Å². The monoisotopic (exact) mass is 376 g/mol. The van der Waals surface area contributed by atoms with Crippen LogP contribution in [-0.2, 0) is 11.4 Å². The van der Waals surface area contributed by atoms with Crippen LogP contribution in [0.3, 0.4) is 0 Å². The van der Waals surface area contributed by atoms with E-state index in [4.69, 9.17) is 43.7 Å². The highest BCUT2D eigenvalue weighted by atomic mass is 35.5. The Morgan fingerprint density at radius 1 is 1.28 bits per heavy atom. The molecular weight excluding hydrogens is 363 g/mol. The van der Waals surface area contributed by atoms with Crippen molar-refractivity contribution in [2.45, 2.75) is 6.61 Å². The van der Waals surface area contributed by atoms with E-state index in [0.717, 1.165) is 5.56 Å². The SMILES string of the molecule is COc1ccc(/C=C(\C#N)C(N)=O)c(OCc2ccc(Cl)cc2Cl)c1. The van der Waals surface area contributed by atoms with E-state index in [-0.39, 0.29) is 12.2 Å². The normalized spacial score (nSPS) is 10.9. The van der Waals surface area contributed by atoms with Gasteiger partial charge in [-0.15, -0.1) is 0 Å². The highest BCUT2D eigenvalue weighted by molar-refractivity contribution is 6.35. The molecule has 0 aliphatic heterocycles. The van der Waals surface area contributed by atoms with Crippen molar-refractivity contribution in [2.24, 2.45) is 5.73 Å². The average molecular weight is 377 g/mol. The van der Waals surface area contributed by atoms with E-state index < -0.39 is 5.91 Å². The molecule has 1 amide bonds. The van der Waals surface area contributed by atoms with Gasteiger partial charge in [0.1, 0.15) is 29.7 Å². The lowest BCUT2D eigenvalue weighted by Crippen LogP contribution is -2.12. The Hall–Kier alpha value is -2.68. The maximum Gasteiger partial charge on any atom is 0.259 e. The summed E-state index contributed by atoms with van der Waals surface area (Å²) >= 11 is 12.0. The summed E-state index contributed by atoms with van der Waals surface area (Å²) in [5.41, 5.74) is 6.24. The van der Waals surface area contributed by atoms with E-state index in [1.54, 1.807) is 42.5 Å². The number of methoxy groups -OCH3 is 1. The van der Waals surface area contributed by atoms with Gasteiger partial charge in [0.15, 0.2) is 0 Å². The summed E-state index contributed by atoms with van der Waals surface area (Å²) in [7, 11) is 1.52. The van der Waals surface area contributed by atoms with Gasteiger partial charge in [-0.1, -0.05) is 29.3 Å². The van der Waals surface area contributed by atoms with Crippen molar-refractivity contribution in [1.29, 1.82) is 5.26 Å². The summed E-state index contributed by atoms with van der Waals surface area (Å²) in [6, 6.07) is 11.8. The van der Waals surface area contributed by atoms with Gasteiger partial charge in [0, 0.05) is 27.2 Å². The highest BCUT2D eigenvalue weighted by Gasteiger charge is 2.10. The summed E-state index contributed by atoms with van der Waals surface area (Å²) in [6.07, 6.45) is 1.36. The first kappa shape index (κ1) is 18.7. The molecule has 0 bridgehead atoms. The number of halogens is 2. The molecule has 0 fully saturated rings. The Balaban J connectivity index is 2.34. The summed E-state index contributed by atoms with van der Waals surface area (Å²) in [5.74, 6) is 0.163. The minimum absolute atomic E-state index is 0.169. The van der Waals surface area contributed by atoms with Gasteiger partial charge in [-0.25, -0.2) is 0 Å². The lowest BCUT2D eigenvalue weighted by molar-refractivity contribution is -0.114. The second-order valence-electron chi connectivity index (χ2n) is 4.96. The first-order chi connectivity index (χ1) is 11.9. The molecule has 0 aliphatic carbocycles. The Kier molecular flexibility index (Phi) is 6.29. The first-order valence-electron chi connectivity index (χ1n) is 7.11. The third kappa shape index (κ3) is 4.90. The number of benzene rings is 2. The number of carbonyl (C=O) groups excluding carboxylic acids is 1. The number of nitrogens with two attached hydrogens (primary N) is 1. The van der Waals surface area contributed by atoms with E-state index in [1.807, 2.05) is 0 Å². The minimum Gasteiger partial charge on any atom is -0.497 e. The molecule has 0 atom stereocenters. The zero-order valence-electron chi connectivity index (χ0n) is 13.3. The fraction of sp³-hybridized carbons (Fsp3) is 0.111. The lowest BCUT2D eigenvalue weighted by Gasteiger charge is -2.12. The van der Waals surface area contributed by atoms with Crippen LogP contribution in [0.25, 0.3) is 6.08 Å². The van der Waals surface area contributed by atoms with Gasteiger partial charge in [-0.2, -0.15) is 5.26 Å². The number of nitrogens with zero attached hydrogens (tertiary/aromatic N) is 1. The van der Waals surface area contributed by atoms with Crippen molar-refractivity contribution in [3.63, 3.8) is 0 Å². The van der Waals surface area contributed by atoms with Crippen LogP contribution in [0, 0.1) is 11.3 Å². The lowest BCUT2D eigenvalue weighted by atomic mass is 10.1. The standard InChI is InChI=1S/C18H14Cl2N2O3/c1-24-15-5-3-11(6-13(9-21)18(22)23)17(8-15)25-10-12-2-4-14(19)7-16(12)20/h2-8H,10H2,1H3,(H2,22,23)/b13-6+.